The topological polar surface area (TPSA) is 81.0 Å². The quantitative estimate of drug-likeness (QED) is 0.323. The minimum atomic E-state index is -0.0865. The Kier molecular flexibility index (Phi) is 10.3. The third-order valence-corrected chi connectivity index (χ3v) is 3.79. The number of aliphatic hydroxyl groups excluding tert-OH is 3. The number of carbonyl (C=O) groups excluding carboxylic acids is 1. The Morgan fingerprint density at radius 3 is 2.11 bits per heavy atom. The number of aliphatic hydroxyl groups is 3. The molecule has 0 saturated carbocycles. The summed E-state index contributed by atoms with van der Waals surface area (Å²) in [6.07, 6.45) is 0. The number of quaternary nitrogens is 1. The molecule has 0 aliphatic carbocycles. The van der Waals surface area contributed by atoms with E-state index in [1.807, 2.05) is 14.1 Å². The number of amides is 1. The van der Waals surface area contributed by atoms with Crippen molar-refractivity contribution in [3.8, 4) is 0 Å². The van der Waals surface area contributed by atoms with Crippen LogP contribution in [0.15, 0.2) is 0 Å². The standard InChI is InChI=1S/C12H27N2O4S/c1-14(2,5-9-17)6-10-19-11-12(18)13(3-7-15)4-8-16/h15-17H,3-11H2,1-2H3/q+1. The van der Waals surface area contributed by atoms with Crippen molar-refractivity contribution in [1.29, 1.82) is 0 Å². The van der Waals surface area contributed by atoms with Crippen molar-refractivity contribution in [2.24, 2.45) is 0 Å². The van der Waals surface area contributed by atoms with Gasteiger partial charge >= 0.3 is 0 Å². The number of hydrogen-bond acceptors (Lipinski definition) is 5. The predicted molar refractivity (Wildman–Crippen MR) is 77.0 cm³/mol. The van der Waals surface area contributed by atoms with Crippen LogP contribution in [0.3, 0.4) is 0 Å². The molecule has 0 aromatic heterocycles. The Balaban J connectivity index is 3.89. The van der Waals surface area contributed by atoms with Gasteiger partial charge in [0.05, 0.1) is 46.2 Å². The number of thioether (sulfide) groups is 1. The van der Waals surface area contributed by atoms with Crippen LogP contribution in [-0.2, 0) is 4.79 Å². The molecular formula is C12H27N2O4S+. The molecule has 0 atom stereocenters. The van der Waals surface area contributed by atoms with Gasteiger partial charge in [0.1, 0.15) is 6.54 Å². The maximum atomic E-state index is 11.8. The molecule has 0 aromatic rings. The highest BCUT2D eigenvalue weighted by molar-refractivity contribution is 7.99. The van der Waals surface area contributed by atoms with E-state index < -0.39 is 0 Å². The molecule has 7 heteroatoms. The van der Waals surface area contributed by atoms with Crippen molar-refractivity contribution in [3.63, 3.8) is 0 Å². The van der Waals surface area contributed by atoms with Gasteiger partial charge < -0.3 is 24.7 Å². The summed E-state index contributed by atoms with van der Waals surface area (Å²) in [7, 11) is 4.09. The van der Waals surface area contributed by atoms with E-state index in [0.717, 1.165) is 16.8 Å². The first-order chi connectivity index (χ1) is 8.96. The minimum absolute atomic E-state index is 0.0550. The Hall–Kier alpha value is -0.340. The summed E-state index contributed by atoms with van der Waals surface area (Å²) in [5, 5.41) is 26.6. The van der Waals surface area contributed by atoms with Crippen LogP contribution in [-0.4, -0.2) is 102 Å². The second kappa shape index (κ2) is 10.4. The summed E-state index contributed by atoms with van der Waals surface area (Å²) >= 11 is 1.54. The number of hydrogen-bond donors (Lipinski definition) is 3. The zero-order chi connectivity index (χ0) is 14.7. The smallest absolute Gasteiger partial charge is 0.232 e. The van der Waals surface area contributed by atoms with E-state index in [9.17, 15) is 4.79 Å². The summed E-state index contributed by atoms with van der Waals surface area (Å²) < 4.78 is 0.731. The van der Waals surface area contributed by atoms with Gasteiger partial charge in [-0.3, -0.25) is 4.79 Å². The van der Waals surface area contributed by atoms with Gasteiger partial charge in [0.15, 0.2) is 0 Å². The van der Waals surface area contributed by atoms with E-state index in [1.165, 1.54) is 4.90 Å². The molecule has 0 fully saturated rings. The molecule has 0 aromatic carbocycles. The lowest BCUT2D eigenvalue weighted by Crippen LogP contribution is -2.43. The Morgan fingerprint density at radius 1 is 1.05 bits per heavy atom. The Bertz CT molecular complexity index is 246. The molecular weight excluding hydrogens is 268 g/mol. The molecule has 0 heterocycles. The fraction of sp³-hybridized carbons (Fsp3) is 0.917. The van der Waals surface area contributed by atoms with Crippen molar-refractivity contribution in [2.75, 3.05) is 71.6 Å². The van der Waals surface area contributed by atoms with Gasteiger partial charge in [-0.1, -0.05) is 0 Å². The number of nitrogens with zero attached hydrogens (tertiary/aromatic N) is 2. The van der Waals surface area contributed by atoms with Crippen molar-refractivity contribution < 1.29 is 24.6 Å². The maximum Gasteiger partial charge on any atom is 0.232 e. The summed E-state index contributed by atoms with van der Waals surface area (Å²) in [4.78, 5) is 13.3. The number of likely N-dealkylation sites (N-methyl/N-ethyl adjacent to an activating group) is 1. The molecule has 1 amide bonds. The zero-order valence-electron chi connectivity index (χ0n) is 11.9. The maximum absolute atomic E-state index is 11.8. The van der Waals surface area contributed by atoms with E-state index in [4.69, 9.17) is 15.3 Å². The van der Waals surface area contributed by atoms with E-state index in [1.54, 1.807) is 11.8 Å². The molecule has 114 valence electrons. The van der Waals surface area contributed by atoms with Crippen LogP contribution in [0.25, 0.3) is 0 Å². The van der Waals surface area contributed by atoms with Crippen LogP contribution >= 0.6 is 11.8 Å². The van der Waals surface area contributed by atoms with Gasteiger partial charge in [0.2, 0.25) is 5.91 Å². The van der Waals surface area contributed by atoms with E-state index in [2.05, 4.69) is 0 Å². The van der Waals surface area contributed by atoms with Gasteiger partial charge in [-0.25, -0.2) is 0 Å². The van der Waals surface area contributed by atoms with Crippen molar-refractivity contribution in [1.82, 2.24) is 4.90 Å². The van der Waals surface area contributed by atoms with Gasteiger partial charge in [-0.2, -0.15) is 0 Å². The molecule has 0 bridgehead atoms. The molecule has 19 heavy (non-hydrogen) atoms. The summed E-state index contributed by atoms with van der Waals surface area (Å²) in [6.45, 7) is 2.12. The molecule has 6 nitrogen and oxygen atoms in total. The SMILES string of the molecule is C[N+](C)(CCO)CCSCC(=O)N(CCO)CCO. The molecule has 0 aliphatic rings. The minimum Gasteiger partial charge on any atom is -0.395 e. The van der Waals surface area contributed by atoms with Crippen LogP contribution < -0.4 is 0 Å². The van der Waals surface area contributed by atoms with Crippen LogP contribution in [0.4, 0.5) is 0 Å². The number of carbonyl (C=O) groups is 1. The lowest BCUT2D eigenvalue weighted by molar-refractivity contribution is -0.888. The fourth-order valence-electron chi connectivity index (χ4n) is 1.55. The van der Waals surface area contributed by atoms with Gasteiger partial charge in [-0.15, -0.1) is 11.8 Å². The first-order valence-electron chi connectivity index (χ1n) is 6.47. The van der Waals surface area contributed by atoms with Crippen LogP contribution in [0, 0.1) is 0 Å². The molecule has 0 radical (unpaired) electrons. The largest absolute Gasteiger partial charge is 0.395 e. The predicted octanol–water partition coefficient (Wildman–Crippen LogP) is -1.40. The Labute approximate surface area is 119 Å². The average molecular weight is 295 g/mol. The highest BCUT2D eigenvalue weighted by atomic mass is 32.2. The third-order valence-electron chi connectivity index (χ3n) is 2.86. The van der Waals surface area contributed by atoms with Gasteiger partial charge in [-0.05, 0) is 0 Å². The van der Waals surface area contributed by atoms with Crippen LogP contribution in [0.5, 0.6) is 0 Å². The molecule has 3 N–H and O–H groups in total. The summed E-state index contributed by atoms with van der Waals surface area (Å²) in [5.41, 5.74) is 0. The molecule has 0 spiro atoms. The molecule has 0 saturated heterocycles. The lowest BCUT2D eigenvalue weighted by atomic mass is 10.4. The third kappa shape index (κ3) is 9.23. The van der Waals surface area contributed by atoms with Gasteiger partial charge in [0, 0.05) is 18.8 Å². The average Bonchev–Trinajstić information content (AvgIpc) is 2.34. The van der Waals surface area contributed by atoms with E-state index in [-0.39, 0.29) is 38.8 Å². The second-order valence-electron chi connectivity index (χ2n) is 4.99. The van der Waals surface area contributed by atoms with Gasteiger partial charge in [0.25, 0.3) is 0 Å². The zero-order valence-corrected chi connectivity index (χ0v) is 12.7. The summed E-state index contributed by atoms with van der Waals surface area (Å²) in [6, 6.07) is 0. The van der Waals surface area contributed by atoms with Crippen molar-refractivity contribution in [3.05, 3.63) is 0 Å². The normalized spacial score (nSPS) is 11.6. The molecule has 0 rings (SSSR count). The highest BCUT2D eigenvalue weighted by Crippen LogP contribution is 2.06. The first-order valence-corrected chi connectivity index (χ1v) is 7.62. The first kappa shape index (κ1) is 18.7. The van der Waals surface area contributed by atoms with Crippen molar-refractivity contribution in [2.45, 2.75) is 0 Å². The van der Waals surface area contributed by atoms with Crippen LogP contribution in [0.2, 0.25) is 0 Å². The second-order valence-corrected chi connectivity index (χ2v) is 6.09. The lowest BCUT2D eigenvalue weighted by Gasteiger charge is -2.28. The highest BCUT2D eigenvalue weighted by Gasteiger charge is 2.15. The number of rotatable bonds is 11. The van der Waals surface area contributed by atoms with E-state index >= 15 is 0 Å². The molecule has 0 unspecified atom stereocenters. The van der Waals surface area contributed by atoms with Crippen LogP contribution in [0.1, 0.15) is 0 Å². The summed E-state index contributed by atoms with van der Waals surface area (Å²) in [5.74, 6) is 1.14. The fourth-order valence-corrected chi connectivity index (χ4v) is 2.67. The van der Waals surface area contributed by atoms with E-state index in [0.29, 0.717) is 12.3 Å². The van der Waals surface area contributed by atoms with Crippen molar-refractivity contribution >= 4 is 17.7 Å². The Morgan fingerprint density at radius 2 is 1.63 bits per heavy atom. The molecule has 0 aliphatic heterocycles. The monoisotopic (exact) mass is 295 g/mol.